The van der Waals surface area contributed by atoms with Gasteiger partial charge in [-0.3, -0.25) is 4.79 Å². The van der Waals surface area contributed by atoms with Gasteiger partial charge in [-0.25, -0.2) is 4.39 Å². The van der Waals surface area contributed by atoms with Crippen LogP contribution in [0.25, 0.3) is 0 Å². The van der Waals surface area contributed by atoms with E-state index in [9.17, 15) is 9.18 Å². The molecule has 0 spiro atoms. The van der Waals surface area contributed by atoms with E-state index in [4.69, 9.17) is 0 Å². The predicted molar refractivity (Wildman–Crippen MR) is 80.0 cm³/mol. The number of oxime groups is 1. The Labute approximate surface area is 122 Å². The molecule has 2 rings (SSSR count). The fourth-order valence-corrected chi connectivity index (χ4v) is 1.79. The Bertz CT molecular complexity index is 639. The monoisotopic (exact) mass is 286 g/mol. The molecule has 2 aromatic carbocycles. The Hall–Kier alpha value is -2.69. The molecule has 108 valence electrons. The second-order valence-electron chi connectivity index (χ2n) is 4.31. The number of nitrogens with one attached hydrogen (secondary N) is 1. The Morgan fingerprint density at radius 1 is 1.24 bits per heavy atom. The van der Waals surface area contributed by atoms with Gasteiger partial charge in [0.1, 0.15) is 12.9 Å². The molecule has 0 aliphatic heterocycles. The van der Waals surface area contributed by atoms with Gasteiger partial charge in [-0.2, -0.15) is 0 Å². The van der Waals surface area contributed by atoms with Crippen LogP contribution in [0.1, 0.15) is 15.9 Å². The summed E-state index contributed by atoms with van der Waals surface area (Å²) in [4.78, 5) is 16.5. The molecule has 0 saturated carbocycles. The average molecular weight is 286 g/mol. The first kappa shape index (κ1) is 14.7. The van der Waals surface area contributed by atoms with Crippen LogP contribution >= 0.6 is 0 Å². The largest absolute Gasteiger partial charge is 0.399 e. The standard InChI is InChI=1S/C16H15FN2O2/c1-21-18-11-10-12-6-8-13(9-7-12)19-16(20)14-4-2-3-5-15(14)17/h2-9,11H,10H2,1H3,(H,19,20). The van der Waals surface area contributed by atoms with Crippen molar-refractivity contribution in [3.63, 3.8) is 0 Å². The van der Waals surface area contributed by atoms with E-state index < -0.39 is 11.7 Å². The maximum absolute atomic E-state index is 13.5. The van der Waals surface area contributed by atoms with Crippen molar-refractivity contribution in [1.82, 2.24) is 0 Å². The van der Waals surface area contributed by atoms with Crippen LogP contribution in [0, 0.1) is 5.82 Å². The molecule has 0 aliphatic carbocycles. The molecule has 0 aliphatic rings. The molecular formula is C16H15FN2O2. The summed E-state index contributed by atoms with van der Waals surface area (Å²) in [5.41, 5.74) is 1.66. The van der Waals surface area contributed by atoms with Crippen LogP contribution in [-0.4, -0.2) is 19.2 Å². The van der Waals surface area contributed by atoms with Crippen molar-refractivity contribution < 1.29 is 14.0 Å². The van der Waals surface area contributed by atoms with E-state index in [2.05, 4.69) is 15.3 Å². The SMILES string of the molecule is CON=CCc1ccc(NC(=O)c2ccccc2F)cc1. The fraction of sp³-hybridized carbons (Fsp3) is 0.125. The van der Waals surface area contributed by atoms with E-state index in [0.29, 0.717) is 12.1 Å². The van der Waals surface area contributed by atoms with Crippen molar-refractivity contribution >= 4 is 17.8 Å². The van der Waals surface area contributed by atoms with E-state index >= 15 is 0 Å². The zero-order valence-corrected chi connectivity index (χ0v) is 11.5. The van der Waals surface area contributed by atoms with Gasteiger partial charge in [-0.1, -0.05) is 29.4 Å². The Morgan fingerprint density at radius 2 is 1.95 bits per heavy atom. The van der Waals surface area contributed by atoms with Crippen molar-refractivity contribution in [2.75, 3.05) is 12.4 Å². The van der Waals surface area contributed by atoms with E-state index in [1.807, 2.05) is 12.1 Å². The van der Waals surface area contributed by atoms with E-state index in [-0.39, 0.29) is 5.56 Å². The van der Waals surface area contributed by atoms with E-state index in [1.54, 1.807) is 30.5 Å². The molecule has 0 fully saturated rings. The minimum atomic E-state index is -0.539. The quantitative estimate of drug-likeness (QED) is 0.677. The number of anilines is 1. The lowest BCUT2D eigenvalue weighted by atomic mass is 10.1. The van der Waals surface area contributed by atoms with Crippen LogP contribution in [0.15, 0.2) is 53.7 Å². The second-order valence-corrected chi connectivity index (χ2v) is 4.31. The summed E-state index contributed by atoms with van der Waals surface area (Å²) >= 11 is 0. The molecule has 0 atom stereocenters. The lowest BCUT2D eigenvalue weighted by Crippen LogP contribution is -2.13. The first-order chi connectivity index (χ1) is 10.2. The number of rotatable bonds is 5. The Morgan fingerprint density at radius 3 is 2.62 bits per heavy atom. The number of amides is 1. The lowest BCUT2D eigenvalue weighted by molar-refractivity contribution is 0.102. The summed E-state index contributed by atoms with van der Waals surface area (Å²) in [7, 11) is 1.48. The van der Waals surface area contributed by atoms with Crippen molar-refractivity contribution in [1.29, 1.82) is 0 Å². The summed E-state index contributed by atoms with van der Waals surface area (Å²) in [6.07, 6.45) is 2.28. The minimum Gasteiger partial charge on any atom is -0.399 e. The molecule has 1 N–H and O–H groups in total. The number of carbonyl (C=O) groups excluding carboxylic acids is 1. The highest BCUT2D eigenvalue weighted by Gasteiger charge is 2.10. The zero-order chi connectivity index (χ0) is 15.1. The first-order valence-corrected chi connectivity index (χ1v) is 6.40. The van der Waals surface area contributed by atoms with Crippen LogP contribution in [-0.2, 0) is 11.3 Å². The summed E-state index contributed by atoms with van der Waals surface area (Å²) in [5, 5.41) is 6.31. The number of carbonyl (C=O) groups is 1. The van der Waals surface area contributed by atoms with E-state index in [1.165, 1.54) is 19.2 Å². The van der Waals surface area contributed by atoms with E-state index in [0.717, 1.165) is 5.56 Å². The van der Waals surface area contributed by atoms with Crippen molar-refractivity contribution in [3.05, 3.63) is 65.5 Å². The molecule has 2 aromatic rings. The number of nitrogens with zero attached hydrogens (tertiary/aromatic N) is 1. The van der Waals surface area contributed by atoms with Gasteiger partial charge in [0, 0.05) is 18.3 Å². The smallest absolute Gasteiger partial charge is 0.258 e. The van der Waals surface area contributed by atoms with Gasteiger partial charge in [0.25, 0.3) is 5.91 Å². The second kappa shape index (κ2) is 7.19. The molecule has 0 bridgehead atoms. The first-order valence-electron chi connectivity index (χ1n) is 6.40. The third-order valence-electron chi connectivity index (χ3n) is 2.84. The molecule has 0 aromatic heterocycles. The summed E-state index contributed by atoms with van der Waals surface area (Å²) in [6.45, 7) is 0. The molecule has 1 amide bonds. The summed E-state index contributed by atoms with van der Waals surface area (Å²) in [5.74, 6) is -1.01. The molecule has 0 radical (unpaired) electrons. The van der Waals surface area contributed by atoms with Crippen LogP contribution < -0.4 is 5.32 Å². The number of hydrogen-bond acceptors (Lipinski definition) is 3. The molecule has 4 nitrogen and oxygen atoms in total. The Kier molecular flexibility index (Phi) is 5.04. The minimum absolute atomic E-state index is 0.0220. The molecule has 21 heavy (non-hydrogen) atoms. The third-order valence-corrected chi connectivity index (χ3v) is 2.84. The zero-order valence-electron chi connectivity index (χ0n) is 11.5. The number of halogens is 1. The van der Waals surface area contributed by atoms with Gasteiger partial charge in [0.05, 0.1) is 5.56 Å². The van der Waals surface area contributed by atoms with Crippen molar-refractivity contribution in [2.45, 2.75) is 6.42 Å². The van der Waals surface area contributed by atoms with Crippen LogP contribution in [0.3, 0.4) is 0 Å². The van der Waals surface area contributed by atoms with Crippen molar-refractivity contribution in [2.24, 2.45) is 5.16 Å². The van der Waals surface area contributed by atoms with Gasteiger partial charge >= 0.3 is 0 Å². The van der Waals surface area contributed by atoms with Gasteiger partial charge in [-0.05, 0) is 29.8 Å². The summed E-state index contributed by atoms with van der Waals surface area (Å²) in [6, 6.07) is 13.1. The maximum Gasteiger partial charge on any atom is 0.258 e. The lowest BCUT2D eigenvalue weighted by Gasteiger charge is -2.06. The molecular weight excluding hydrogens is 271 g/mol. The summed E-state index contributed by atoms with van der Waals surface area (Å²) < 4.78 is 13.5. The third kappa shape index (κ3) is 4.14. The van der Waals surface area contributed by atoms with Crippen LogP contribution in [0.5, 0.6) is 0 Å². The predicted octanol–water partition coefficient (Wildman–Crippen LogP) is 3.25. The van der Waals surface area contributed by atoms with Gasteiger partial charge in [-0.15, -0.1) is 0 Å². The highest BCUT2D eigenvalue weighted by molar-refractivity contribution is 6.04. The highest BCUT2D eigenvalue weighted by Crippen LogP contribution is 2.13. The van der Waals surface area contributed by atoms with Gasteiger partial charge in [0.2, 0.25) is 0 Å². The number of benzene rings is 2. The Balaban J connectivity index is 2.02. The molecule has 0 heterocycles. The molecule has 5 heteroatoms. The van der Waals surface area contributed by atoms with Crippen molar-refractivity contribution in [3.8, 4) is 0 Å². The normalized spacial score (nSPS) is 10.6. The molecule has 0 unspecified atom stereocenters. The molecule has 0 saturated heterocycles. The average Bonchev–Trinajstić information content (AvgIpc) is 2.49. The van der Waals surface area contributed by atoms with Crippen LogP contribution in [0.4, 0.5) is 10.1 Å². The van der Waals surface area contributed by atoms with Gasteiger partial charge in [0.15, 0.2) is 0 Å². The highest BCUT2D eigenvalue weighted by atomic mass is 19.1. The van der Waals surface area contributed by atoms with Crippen LogP contribution in [0.2, 0.25) is 0 Å². The number of hydrogen-bond donors (Lipinski definition) is 1. The fourth-order valence-electron chi connectivity index (χ4n) is 1.79. The topological polar surface area (TPSA) is 50.7 Å². The maximum atomic E-state index is 13.5. The van der Waals surface area contributed by atoms with Gasteiger partial charge < -0.3 is 10.2 Å².